The Morgan fingerprint density at radius 2 is 1.59 bits per heavy atom. The van der Waals surface area contributed by atoms with E-state index < -0.39 is 29.0 Å². The van der Waals surface area contributed by atoms with Crippen molar-refractivity contribution in [3.63, 3.8) is 0 Å². The minimum atomic E-state index is -1.15. The zero-order valence-corrected chi connectivity index (χ0v) is 11.1. The Morgan fingerprint density at radius 1 is 0.955 bits per heavy atom. The van der Waals surface area contributed by atoms with Crippen molar-refractivity contribution in [2.75, 3.05) is 0 Å². The molecule has 1 aliphatic heterocycles. The summed E-state index contributed by atoms with van der Waals surface area (Å²) in [6.07, 6.45) is 2.79. The van der Waals surface area contributed by atoms with Crippen molar-refractivity contribution in [2.45, 2.75) is 0 Å². The van der Waals surface area contributed by atoms with E-state index in [-0.39, 0.29) is 11.3 Å². The predicted molar refractivity (Wildman–Crippen MR) is 74.8 cm³/mol. The molecule has 0 bridgehead atoms. The van der Waals surface area contributed by atoms with Crippen LogP contribution in [-0.4, -0.2) is 5.97 Å². The number of cyclic esters (lactones) is 1. The van der Waals surface area contributed by atoms with Gasteiger partial charge in [0.05, 0.1) is 11.1 Å². The maximum absolute atomic E-state index is 13.7. The van der Waals surface area contributed by atoms with Gasteiger partial charge < -0.3 is 4.74 Å². The molecule has 0 unspecified atom stereocenters. The van der Waals surface area contributed by atoms with Gasteiger partial charge in [0.15, 0.2) is 0 Å². The van der Waals surface area contributed by atoms with E-state index in [1.54, 1.807) is 30.3 Å². The van der Waals surface area contributed by atoms with Gasteiger partial charge in [0.25, 0.3) is 0 Å². The second-order valence-corrected chi connectivity index (χ2v) is 4.65. The molecule has 5 heteroatoms. The molecule has 2 nitrogen and oxygen atoms in total. The normalized spacial score (nSPS) is 15.9. The smallest absolute Gasteiger partial charge is 0.344 e. The van der Waals surface area contributed by atoms with Gasteiger partial charge >= 0.3 is 5.97 Å². The van der Waals surface area contributed by atoms with E-state index in [9.17, 15) is 18.0 Å². The summed E-state index contributed by atoms with van der Waals surface area (Å²) in [5.74, 6) is -4.07. The first-order chi connectivity index (χ1) is 10.5. The first kappa shape index (κ1) is 14.1. The fourth-order valence-electron chi connectivity index (χ4n) is 2.15. The Balaban J connectivity index is 2.03. The highest BCUT2D eigenvalue weighted by Gasteiger charge is 2.28. The van der Waals surface area contributed by atoms with E-state index in [2.05, 4.69) is 0 Å². The van der Waals surface area contributed by atoms with Crippen molar-refractivity contribution in [1.82, 2.24) is 0 Å². The maximum Gasteiger partial charge on any atom is 0.344 e. The van der Waals surface area contributed by atoms with Gasteiger partial charge in [0, 0.05) is 12.1 Å². The molecule has 3 rings (SSSR count). The van der Waals surface area contributed by atoms with Crippen LogP contribution in [0.2, 0.25) is 0 Å². The second kappa shape index (κ2) is 5.52. The fourth-order valence-corrected chi connectivity index (χ4v) is 2.15. The molecule has 22 heavy (non-hydrogen) atoms. The van der Waals surface area contributed by atoms with Crippen molar-refractivity contribution >= 4 is 17.6 Å². The molecule has 0 aliphatic carbocycles. The Morgan fingerprint density at radius 3 is 2.23 bits per heavy atom. The number of carbonyl (C=O) groups excluding carboxylic acids is 1. The van der Waals surface area contributed by atoms with Crippen molar-refractivity contribution < 1.29 is 22.7 Å². The van der Waals surface area contributed by atoms with Gasteiger partial charge in [-0.2, -0.15) is 0 Å². The summed E-state index contributed by atoms with van der Waals surface area (Å²) in [6, 6.07) is 10.0. The monoisotopic (exact) mass is 302 g/mol. The van der Waals surface area contributed by atoms with E-state index in [1.807, 2.05) is 6.07 Å². The second-order valence-electron chi connectivity index (χ2n) is 4.65. The molecule has 0 atom stereocenters. The summed E-state index contributed by atoms with van der Waals surface area (Å²) in [5, 5.41) is 0. The van der Waals surface area contributed by atoms with Gasteiger partial charge in [-0.15, -0.1) is 0 Å². The van der Waals surface area contributed by atoms with Crippen LogP contribution in [-0.2, 0) is 9.53 Å². The number of allylic oxidation sites excluding steroid dienone is 1. The van der Waals surface area contributed by atoms with Crippen molar-refractivity contribution in [3.05, 3.63) is 82.9 Å². The average molecular weight is 302 g/mol. The van der Waals surface area contributed by atoms with Crippen LogP contribution in [0.25, 0.3) is 11.6 Å². The van der Waals surface area contributed by atoms with Crippen LogP contribution in [0.1, 0.15) is 11.1 Å². The summed E-state index contributed by atoms with van der Waals surface area (Å²) < 4.78 is 45.4. The Kier molecular flexibility index (Phi) is 3.55. The molecule has 0 spiro atoms. The number of hydrogen-bond acceptors (Lipinski definition) is 2. The van der Waals surface area contributed by atoms with Crippen LogP contribution >= 0.6 is 0 Å². The minimum Gasteiger partial charge on any atom is -0.423 e. The Labute approximate surface area is 124 Å². The predicted octanol–water partition coefficient (Wildman–Crippen LogP) is 4.09. The number of rotatable bonds is 2. The van der Waals surface area contributed by atoms with Crippen LogP contribution in [0.15, 0.2) is 54.3 Å². The van der Waals surface area contributed by atoms with E-state index in [0.29, 0.717) is 12.1 Å². The maximum atomic E-state index is 13.7. The van der Waals surface area contributed by atoms with Crippen LogP contribution in [0, 0.1) is 17.5 Å². The van der Waals surface area contributed by atoms with E-state index in [1.165, 1.54) is 6.08 Å². The summed E-state index contributed by atoms with van der Waals surface area (Å²) in [6.45, 7) is 0. The molecule has 0 amide bonds. The molecule has 0 N–H and O–H groups in total. The van der Waals surface area contributed by atoms with Gasteiger partial charge in [-0.25, -0.2) is 18.0 Å². The first-order valence-electron chi connectivity index (χ1n) is 6.40. The quantitative estimate of drug-likeness (QED) is 0.781. The average Bonchev–Trinajstić information content (AvgIpc) is 2.79. The number of halogens is 3. The van der Waals surface area contributed by atoms with E-state index in [0.717, 1.165) is 5.56 Å². The molecule has 1 heterocycles. The standard InChI is InChI=1S/C17H9F3O2/c18-11-7-14(19)16(15(20)8-11)13-9-12(22-17(13)21)6-10-4-2-1-3-5-10/h1-9H/b12-6+. The number of hydrogen-bond donors (Lipinski definition) is 0. The number of ether oxygens (including phenoxy) is 1. The van der Waals surface area contributed by atoms with Crippen LogP contribution in [0.3, 0.4) is 0 Å². The third-order valence-electron chi connectivity index (χ3n) is 3.10. The zero-order valence-electron chi connectivity index (χ0n) is 11.1. The summed E-state index contributed by atoms with van der Waals surface area (Å²) >= 11 is 0. The summed E-state index contributed by atoms with van der Waals surface area (Å²) in [5.41, 5.74) is -0.108. The van der Waals surface area contributed by atoms with Gasteiger partial charge in [0.1, 0.15) is 23.2 Å². The third-order valence-corrected chi connectivity index (χ3v) is 3.10. The molecule has 1 aliphatic rings. The number of carbonyl (C=O) groups is 1. The Hall–Kier alpha value is -2.82. The van der Waals surface area contributed by atoms with Crippen LogP contribution in [0.5, 0.6) is 0 Å². The molecule has 0 saturated carbocycles. The number of benzene rings is 2. The number of esters is 1. The molecule has 2 aromatic rings. The van der Waals surface area contributed by atoms with E-state index in [4.69, 9.17) is 4.74 Å². The van der Waals surface area contributed by atoms with Gasteiger partial charge in [-0.1, -0.05) is 30.3 Å². The van der Waals surface area contributed by atoms with Gasteiger partial charge in [0.2, 0.25) is 0 Å². The van der Waals surface area contributed by atoms with Crippen LogP contribution < -0.4 is 0 Å². The van der Waals surface area contributed by atoms with Crippen LogP contribution in [0.4, 0.5) is 13.2 Å². The molecular weight excluding hydrogens is 293 g/mol. The zero-order chi connectivity index (χ0) is 15.7. The highest BCUT2D eigenvalue weighted by Crippen LogP contribution is 2.31. The third kappa shape index (κ3) is 2.65. The minimum absolute atomic E-state index is 0.161. The summed E-state index contributed by atoms with van der Waals surface area (Å²) in [7, 11) is 0. The lowest BCUT2D eigenvalue weighted by molar-refractivity contribution is -0.131. The van der Waals surface area contributed by atoms with Crippen molar-refractivity contribution in [1.29, 1.82) is 0 Å². The SMILES string of the molecule is O=C1O/C(=C/c2ccccc2)C=C1c1c(F)cc(F)cc1F. The summed E-state index contributed by atoms with van der Waals surface area (Å²) in [4.78, 5) is 11.8. The molecule has 2 aromatic carbocycles. The molecule has 0 fully saturated rings. The highest BCUT2D eigenvalue weighted by molar-refractivity contribution is 6.20. The van der Waals surface area contributed by atoms with Crippen molar-refractivity contribution in [3.8, 4) is 0 Å². The lowest BCUT2D eigenvalue weighted by atomic mass is 10.0. The van der Waals surface area contributed by atoms with E-state index >= 15 is 0 Å². The lowest BCUT2D eigenvalue weighted by Gasteiger charge is -2.03. The molecule has 0 aromatic heterocycles. The molecular formula is C17H9F3O2. The topological polar surface area (TPSA) is 26.3 Å². The lowest BCUT2D eigenvalue weighted by Crippen LogP contribution is -2.03. The fraction of sp³-hybridized carbons (Fsp3) is 0. The van der Waals surface area contributed by atoms with Gasteiger partial charge in [-0.3, -0.25) is 0 Å². The largest absolute Gasteiger partial charge is 0.423 e. The van der Waals surface area contributed by atoms with Crippen molar-refractivity contribution in [2.24, 2.45) is 0 Å². The van der Waals surface area contributed by atoms with Gasteiger partial charge in [-0.05, 0) is 17.7 Å². The first-order valence-corrected chi connectivity index (χ1v) is 6.40. The highest BCUT2D eigenvalue weighted by atomic mass is 19.1. The molecule has 0 saturated heterocycles. The Bertz CT molecular complexity index is 785. The molecule has 0 radical (unpaired) electrons. The molecule has 110 valence electrons.